The maximum Gasteiger partial charge on any atom is 0.141 e. The Kier molecular flexibility index (Phi) is 4.51. The van der Waals surface area contributed by atoms with Crippen molar-refractivity contribution >= 4 is 39.9 Å². The molecule has 0 unspecified atom stereocenters. The first kappa shape index (κ1) is 16.8. The van der Waals surface area contributed by atoms with Crippen molar-refractivity contribution in [1.82, 2.24) is 15.0 Å². The molecule has 4 rings (SSSR count). The minimum absolute atomic E-state index is 0.258. The van der Waals surface area contributed by atoms with Gasteiger partial charge in [0.1, 0.15) is 18.0 Å². The molecule has 7 heteroatoms. The van der Waals surface area contributed by atoms with Crippen LogP contribution in [0.4, 0.5) is 11.6 Å². The zero-order valence-electron chi connectivity index (χ0n) is 14.3. The summed E-state index contributed by atoms with van der Waals surface area (Å²) < 4.78 is 0. The van der Waals surface area contributed by atoms with E-state index in [-0.39, 0.29) is 5.71 Å². The molecule has 0 spiro atoms. The normalized spacial score (nSPS) is 15.3. The SMILES string of the molecule is N=C(c1cc2cccc(Cl)c2[nH]1)c1c(N)ncnc1NC1CCCCC1. The zero-order valence-corrected chi connectivity index (χ0v) is 15.1. The molecule has 0 atom stereocenters. The van der Waals surface area contributed by atoms with Gasteiger partial charge in [0, 0.05) is 11.4 Å². The number of hydrogen-bond donors (Lipinski definition) is 4. The predicted octanol–water partition coefficient (Wildman–Crippen LogP) is 4.35. The number of benzene rings is 1. The molecule has 0 saturated heterocycles. The number of H-pyrrole nitrogens is 1. The first-order valence-corrected chi connectivity index (χ1v) is 9.25. The van der Waals surface area contributed by atoms with Crippen LogP contribution in [0.1, 0.15) is 43.4 Å². The quantitative estimate of drug-likeness (QED) is 0.514. The molecule has 6 nitrogen and oxygen atoms in total. The average molecular weight is 369 g/mol. The lowest BCUT2D eigenvalue weighted by atomic mass is 9.95. The molecule has 2 aromatic heterocycles. The van der Waals surface area contributed by atoms with E-state index in [1.165, 1.54) is 25.6 Å². The summed E-state index contributed by atoms with van der Waals surface area (Å²) in [7, 11) is 0. The number of anilines is 2. The largest absolute Gasteiger partial charge is 0.383 e. The lowest BCUT2D eigenvalue weighted by molar-refractivity contribution is 0.462. The van der Waals surface area contributed by atoms with Crippen LogP contribution in [-0.2, 0) is 0 Å². The fraction of sp³-hybridized carbons (Fsp3) is 0.316. The Morgan fingerprint density at radius 2 is 2.04 bits per heavy atom. The molecule has 0 bridgehead atoms. The van der Waals surface area contributed by atoms with E-state index in [0.717, 1.165) is 23.7 Å². The highest BCUT2D eigenvalue weighted by Gasteiger charge is 2.21. The molecule has 26 heavy (non-hydrogen) atoms. The Hall–Kier alpha value is -2.60. The number of hydrogen-bond acceptors (Lipinski definition) is 5. The average Bonchev–Trinajstić information content (AvgIpc) is 3.08. The molecule has 134 valence electrons. The summed E-state index contributed by atoms with van der Waals surface area (Å²) in [5.74, 6) is 0.923. The Morgan fingerprint density at radius 1 is 1.23 bits per heavy atom. The van der Waals surface area contributed by atoms with Crippen LogP contribution in [0.5, 0.6) is 0 Å². The van der Waals surface area contributed by atoms with E-state index in [1.807, 2.05) is 24.3 Å². The number of para-hydroxylation sites is 1. The van der Waals surface area contributed by atoms with Crippen LogP contribution in [-0.4, -0.2) is 26.7 Å². The van der Waals surface area contributed by atoms with Gasteiger partial charge in [0.15, 0.2) is 0 Å². The third-order valence-electron chi connectivity index (χ3n) is 4.95. The van der Waals surface area contributed by atoms with Crippen molar-refractivity contribution in [2.75, 3.05) is 11.1 Å². The molecular formula is C19H21ClN6. The molecule has 3 aromatic rings. The minimum atomic E-state index is 0.258. The Balaban J connectivity index is 1.71. The Morgan fingerprint density at radius 3 is 2.81 bits per heavy atom. The molecule has 1 saturated carbocycles. The van der Waals surface area contributed by atoms with Gasteiger partial charge in [-0.25, -0.2) is 9.97 Å². The van der Waals surface area contributed by atoms with Gasteiger partial charge in [-0.2, -0.15) is 0 Å². The summed E-state index contributed by atoms with van der Waals surface area (Å²) in [6.45, 7) is 0. The van der Waals surface area contributed by atoms with Crippen molar-refractivity contribution in [3.05, 3.63) is 46.9 Å². The second kappa shape index (κ2) is 6.96. The topological polar surface area (TPSA) is 103 Å². The van der Waals surface area contributed by atoms with Crippen LogP contribution in [0.3, 0.4) is 0 Å². The van der Waals surface area contributed by atoms with Crippen molar-refractivity contribution < 1.29 is 0 Å². The maximum atomic E-state index is 8.70. The first-order chi connectivity index (χ1) is 12.6. The fourth-order valence-corrected chi connectivity index (χ4v) is 3.81. The van der Waals surface area contributed by atoms with Crippen molar-refractivity contribution in [2.24, 2.45) is 0 Å². The third-order valence-corrected chi connectivity index (χ3v) is 5.26. The van der Waals surface area contributed by atoms with Crippen LogP contribution in [0.2, 0.25) is 5.02 Å². The van der Waals surface area contributed by atoms with Gasteiger partial charge in [0.05, 0.1) is 27.5 Å². The molecule has 0 aliphatic heterocycles. The summed E-state index contributed by atoms with van der Waals surface area (Å²) in [4.78, 5) is 11.7. The number of nitrogens with two attached hydrogens (primary N) is 1. The van der Waals surface area contributed by atoms with Crippen LogP contribution < -0.4 is 11.1 Å². The lowest BCUT2D eigenvalue weighted by Crippen LogP contribution is -2.25. The summed E-state index contributed by atoms with van der Waals surface area (Å²) in [6.07, 6.45) is 7.37. The van der Waals surface area contributed by atoms with Crippen LogP contribution in [0, 0.1) is 5.41 Å². The highest BCUT2D eigenvalue weighted by molar-refractivity contribution is 6.35. The summed E-state index contributed by atoms with van der Waals surface area (Å²) in [6, 6.07) is 7.94. The van der Waals surface area contributed by atoms with E-state index in [1.54, 1.807) is 0 Å². The number of nitrogen functional groups attached to an aromatic ring is 1. The van der Waals surface area contributed by atoms with E-state index in [9.17, 15) is 0 Å². The molecular weight excluding hydrogens is 348 g/mol. The predicted molar refractivity (Wildman–Crippen MR) is 106 cm³/mol. The van der Waals surface area contributed by atoms with E-state index in [4.69, 9.17) is 22.7 Å². The van der Waals surface area contributed by atoms with Gasteiger partial charge in [0.2, 0.25) is 0 Å². The first-order valence-electron chi connectivity index (χ1n) is 8.87. The third kappa shape index (κ3) is 3.12. The van der Waals surface area contributed by atoms with E-state index in [2.05, 4.69) is 20.3 Å². The number of rotatable bonds is 4. The number of fused-ring (bicyclic) bond motifs is 1. The fourth-order valence-electron chi connectivity index (χ4n) is 3.58. The van der Waals surface area contributed by atoms with Gasteiger partial charge >= 0.3 is 0 Å². The van der Waals surface area contributed by atoms with Crippen LogP contribution >= 0.6 is 11.6 Å². The van der Waals surface area contributed by atoms with Crippen molar-refractivity contribution in [3.8, 4) is 0 Å². The van der Waals surface area contributed by atoms with E-state index in [0.29, 0.717) is 34.0 Å². The summed E-state index contributed by atoms with van der Waals surface area (Å²) in [5, 5.41) is 13.8. The van der Waals surface area contributed by atoms with Gasteiger partial charge in [-0.1, -0.05) is 43.0 Å². The molecule has 1 aliphatic carbocycles. The molecule has 5 N–H and O–H groups in total. The van der Waals surface area contributed by atoms with Crippen LogP contribution in [0.15, 0.2) is 30.6 Å². The van der Waals surface area contributed by atoms with E-state index >= 15 is 0 Å². The molecule has 1 fully saturated rings. The second-order valence-electron chi connectivity index (χ2n) is 6.72. The van der Waals surface area contributed by atoms with Gasteiger partial charge < -0.3 is 16.0 Å². The van der Waals surface area contributed by atoms with Gasteiger partial charge in [-0.15, -0.1) is 0 Å². The monoisotopic (exact) mass is 368 g/mol. The van der Waals surface area contributed by atoms with Crippen LogP contribution in [0.25, 0.3) is 10.9 Å². The van der Waals surface area contributed by atoms with Crippen molar-refractivity contribution in [1.29, 1.82) is 5.41 Å². The minimum Gasteiger partial charge on any atom is -0.383 e. The van der Waals surface area contributed by atoms with Crippen molar-refractivity contribution in [3.63, 3.8) is 0 Å². The lowest BCUT2D eigenvalue weighted by Gasteiger charge is -2.24. The highest BCUT2D eigenvalue weighted by atomic mass is 35.5. The molecule has 1 aliphatic rings. The number of halogens is 1. The van der Waals surface area contributed by atoms with Gasteiger partial charge in [-0.05, 0) is 25.0 Å². The molecule has 0 radical (unpaired) electrons. The highest BCUT2D eigenvalue weighted by Crippen LogP contribution is 2.28. The summed E-state index contributed by atoms with van der Waals surface area (Å²) in [5.41, 5.74) is 8.35. The standard InChI is InChI=1S/C19H21ClN6/c20-13-8-4-5-11-9-14(26-17(11)13)16(21)15-18(22)23-10-24-19(15)25-12-6-2-1-3-7-12/h4-5,8-10,12,21,26H,1-3,6-7H2,(H3,22,23,24,25). The smallest absolute Gasteiger partial charge is 0.141 e. The second-order valence-corrected chi connectivity index (χ2v) is 7.13. The van der Waals surface area contributed by atoms with Crippen molar-refractivity contribution in [2.45, 2.75) is 38.1 Å². The summed E-state index contributed by atoms with van der Waals surface area (Å²) >= 11 is 6.25. The number of nitrogens with one attached hydrogen (secondary N) is 3. The number of nitrogens with zero attached hydrogens (tertiary/aromatic N) is 2. The molecule has 0 amide bonds. The van der Waals surface area contributed by atoms with Gasteiger partial charge in [0.25, 0.3) is 0 Å². The van der Waals surface area contributed by atoms with Gasteiger partial charge in [-0.3, -0.25) is 5.41 Å². The Bertz CT molecular complexity index is 958. The van der Waals surface area contributed by atoms with E-state index < -0.39 is 0 Å². The number of aromatic nitrogens is 3. The maximum absolute atomic E-state index is 8.70. The molecule has 1 aromatic carbocycles. The Labute approximate surface area is 156 Å². The molecule has 2 heterocycles. The number of aromatic amines is 1. The zero-order chi connectivity index (χ0) is 18.1.